The molecule has 0 spiro atoms. The van der Waals surface area contributed by atoms with Crippen LogP contribution in [0.5, 0.6) is 5.75 Å². The van der Waals surface area contributed by atoms with Crippen LogP contribution in [0.25, 0.3) is 0 Å². The lowest BCUT2D eigenvalue weighted by Gasteiger charge is -2.23. The van der Waals surface area contributed by atoms with Crippen LogP contribution in [0.2, 0.25) is 0 Å². The summed E-state index contributed by atoms with van der Waals surface area (Å²) in [4.78, 5) is 0. The number of halogens is 1. The van der Waals surface area contributed by atoms with Crippen molar-refractivity contribution in [1.82, 2.24) is 0 Å². The molecule has 0 heterocycles. The lowest BCUT2D eigenvalue weighted by Crippen LogP contribution is -2.25. The van der Waals surface area contributed by atoms with E-state index in [-0.39, 0.29) is 5.60 Å². The van der Waals surface area contributed by atoms with Crippen molar-refractivity contribution < 1.29 is 9.47 Å². The molecule has 0 aliphatic rings. The van der Waals surface area contributed by atoms with E-state index in [9.17, 15) is 0 Å². The highest BCUT2D eigenvalue weighted by atomic mass is 79.9. The highest BCUT2D eigenvalue weighted by Crippen LogP contribution is 2.27. The van der Waals surface area contributed by atoms with Gasteiger partial charge in [0.25, 0.3) is 0 Å². The van der Waals surface area contributed by atoms with E-state index >= 15 is 0 Å². The van der Waals surface area contributed by atoms with E-state index in [2.05, 4.69) is 35.1 Å². The number of hydrogen-bond acceptors (Lipinski definition) is 3. The molecule has 1 N–H and O–H groups in total. The lowest BCUT2D eigenvalue weighted by molar-refractivity contribution is 0.0185. The van der Waals surface area contributed by atoms with Crippen molar-refractivity contribution >= 4 is 21.6 Å². The van der Waals surface area contributed by atoms with Crippen molar-refractivity contribution in [2.45, 2.75) is 25.9 Å². The van der Waals surface area contributed by atoms with Gasteiger partial charge in [-0.15, -0.1) is 0 Å². The molecule has 3 nitrogen and oxygen atoms in total. The van der Waals surface area contributed by atoms with Crippen LogP contribution in [0, 0.1) is 0 Å². The van der Waals surface area contributed by atoms with E-state index in [0.29, 0.717) is 0 Å². The van der Waals surface area contributed by atoms with Crippen molar-refractivity contribution in [3.63, 3.8) is 0 Å². The van der Waals surface area contributed by atoms with Crippen LogP contribution in [-0.2, 0) is 4.74 Å². The van der Waals surface area contributed by atoms with Gasteiger partial charge in [0.15, 0.2) is 0 Å². The molecule has 96 valence electrons. The summed E-state index contributed by atoms with van der Waals surface area (Å²) in [6.07, 6.45) is 0.952. The molecule has 0 aromatic heterocycles. The molecule has 0 radical (unpaired) electrons. The summed E-state index contributed by atoms with van der Waals surface area (Å²) in [7, 11) is 3.40. The van der Waals surface area contributed by atoms with Gasteiger partial charge in [0.05, 0.1) is 17.2 Å². The number of hydrogen-bond donors (Lipinski definition) is 1. The number of nitrogens with one attached hydrogen (secondary N) is 1. The Hall–Kier alpha value is -0.740. The van der Waals surface area contributed by atoms with Crippen molar-refractivity contribution in [1.29, 1.82) is 0 Å². The topological polar surface area (TPSA) is 30.5 Å². The van der Waals surface area contributed by atoms with Gasteiger partial charge in [-0.1, -0.05) is 0 Å². The Morgan fingerprint density at radius 3 is 2.53 bits per heavy atom. The normalized spacial score (nSPS) is 11.4. The smallest absolute Gasteiger partial charge is 0.133 e. The number of benzene rings is 1. The SMILES string of the molecule is COc1ccc(NCCC(C)(C)OC)cc1Br. The van der Waals surface area contributed by atoms with Gasteiger partial charge >= 0.3 is 0 Å². The van der Waals surface area contributed by atoms with Gasteiger partial charge in [-0.25, -0.2) is 0 Å². The first-order chi connectivity index (χ1) is 7.98. The molecule has 17 heavy (non-hydrogen) atoms. The Labute approximate surface area is 112 Å². The fraction of sp³-hybridized carbons (Fsp3) is 0.538. The summed E-state index contributed by atoms with van der Waals surface area (Å²) in [5.41, 5.74) is 0.987. The average molecular weight is 302 g/mol. The molecular weight excluding hydrogens is 282 g/mol. The minimum atomic E-state index is -0.0866. The number of ether oxygens (including phenoxy) is 2. The molecule has 0 bridgehead atoms. The average Bonchev–Trinajstić information content (AvgIpc) is 2.29. The van der Waals surface area contributed by atoms with Crippen molar-refractivity contribution in [2.75, 3.05) is 26.1 Å². The second kappa shape index (κ2) is 6.26. The maximum atomic E-state index is 5.37. The van der Waals surface area contributed by atoms with E-state index in [4.69, 9.17) is 9.47 Å². The monoisotopic (exact) mass is 301 g/mol. The van der Waals surface area contributed by atoms with Gasteiger partial charge < -0.3 is 14.8 Å². The van der Waals surface area contributed by atoms with E-state index in [1.165, 1.54) is 0 Å². The zero-order valence-electron chi connectivity index (χ0n) is 10.8. The van der Waals surface area contributed by atoms with Gasteiger partial charge in [0, 0.05) is 19.3 Å². The van der Waals surface area contributed by atoms with E-state index < -0.39 is 0 Å². The first kappa shape index (κ1) is 14.3. The summed E-state index contributed by atoms with van der Waals surface area (Å²) in [5.74, 6) is 0.841. The Morgan fingerprint density at radius 1 is 1.29 bits per heavy atom. The summed E-state index contributed by atoms with van der Waals surface area (Å²) in [5, 5.41) is 3.36. The molecule has 0 saturated heterocycles. The molecule has 1 aromatic rings. The van der Waals surface area contributed by atoms with Crippen LogP contribution in [0.1, 0.15) is 20.3 Å². The first-order valence-corrected chi connectivity index (χ1v) is 6.40. The fourth-order valence-corrected chi connectivity index (χ4v) is 1.93. The molecule has 0 aliphatic carbocycles. The predicted molar refractivity (Wildman–Crippen MR) is 74.9 cm³/mol. The van der Waals surface area contributed by atoms with E-state index in [1.54, 1.807) is 14.2 Å². The predicted octanol–water partition coefficient (Wildman–Crippen LogP) is 3.68. The van der Waals surface area contributed by atoms with Crippen molar-refractivity contribution in [2.24, 2.45) is 0 Å². The zero-order valence-corrected chi connectivity index (χ0v) is 12.4. The summed E-state index contributed by atoms with van der Waals surface area (Å²) >= 11 is 3.46. The lowest BCUT2D eigenvalue weighted by atomic mass is 10.1. The van der Waals surface area contributed by atoms with Crippen LogP contribution in [0.3, 0.4) is 0 Å². The minimum absolute atomic E-state index is 0.0866. The highest BCUT2D eigenvalue weighted by molar-refractivity contribution is 9.10. The largest absolute Gasteiger partial charge is 0.496 e. The standard InChI is InChI=1S/C13H20BrNO2/c1-13(2,17-4)7-8-15-10-5-6-12(16-3)11(14)9-10/h5-6,9,15H,7-8H2,1-4H3. The Balaban J connectivity index is 2.50. The van der Waals surface area contributed by atoms with Gasteiger partial charge in [-0.3, -0.25) is 0 Å². The van der Waals surface area contributed by atoms with Gasteiger partial charge in [0.2, 0.25) is 0 Å². The second-order valence-electron chi connectivity index (χ2n) is 4.49. The van der Waals surface area contributed by atoms with Crippen LogP contribution in [-0.4, -0.2) is 26.4 Å². The quantitative estimate of drug-likeness (QED) is 0.869. The Kier molecular flexibility index (Phi) is 5.28. The molecule has 0 aliphatic heterocycles. The Morgan fingerprint density at radius 2 is 2.00 bits per heavy atom. The summed E-state index contributed by atoms with van der Waals surface area (Å²) in [6.45, 7) is 5.04. The number of rotatable bonds is 6. The van der Waals surface area contributed by atoms with Crippen LogP contribution in [0.15, 0.2) is 22.7 Å². The van der Waals surface area contributed by atoms with Crippen LogP contribution in [0.4, 0.5) is 5.69 Å². The summed E-state index contributed by atoms with van der Waals surface area (Å²) < 4.78 is 11.5. The van der Waals surface area contributed by atoms with E-state index in [0.717, 1.165) is 28.9 Å². The van der Waals surface area contributed by atoms with Crippen LogP contribution >= 0.6 is 15.9 Å². The van der Waals surface area contributed by atoms with Crippen LogP contribution < -0.4 is 10.1 Å². The molecule has 0 saturated carbocycles. The van der Waals surface area contributed by atoms with E-state index in [1.807, 2.05) is 18.2 Å². The third-order valence-corrected chi connectivity index (χ3v) is 3.38. The third kappa shape index (κ3) is 4.56. The highest BCUT2D eigenvalue weighted by Gasteiger charge is 2.15. The first-order valence-electron chi connectivity index (χ1n) is 5.61. The fourth-order valence-electron chi connectivity index (χ4n) is 1.39. The van der Waals surface area contributed by atoms with Crippen molar-refractivity contribution in [3.8, 4) is 5.75 Å². The molecule has 0 fully saturated rings. The van der Waals surface area contributed by atoms with Gasteiger partial charge in [0.1, 0.15) is 5.75 Å². The number of anilines is 1. The molecule has 0 unspecified atom stereocenters. The zero-order chi connectivity index (χ0) is 12.9. The minimum Gasteiger partial charge on any atom is -0.496 e. The Bertz CT molecular complexity index is 366. The molecule has 4 heteroatoms. The van der Waals surface area contributed by atoms with Crippen molar-refractivity contribution in [3.05, 3.63) is 22.7 Å². The number of methoxy groups -OCH3 is 2. The molecule has 0 atom stereocenters. The maximum Gasteiger partial charge on any atom is 0.133 e. The third-order valence-electron chi connectivity index (χ3n) is 2.76. The second-order valence-corrected chi connectivity index (χ2v) is 5.34. The molecular formula is C13H20BrNO2. The maximum absolute atomic E-state index is 5.37. The summed E-state index contributed by atoms with van der Waals surface area (Å²) in [6, 6.07) is 5.95. The van der Waals surface area contributed by atoms with Gasteiger partial charge in [-0.05, 0) is 54.4 Å². The molecule has 1 aromatic carbocycles. The van der Waals surface area contributed by atoms with Gasteiger partial charge in [-0.2, -0.15) is 0 Å². The molecule has 0 amide bonds. The molecule has 1 rings (SSSR count).